The van der Waals surface area contributed by atoms with Crippen LogP contribution in [0.1, 0.15) is 11.7 Å². The summed E-state index contributed by atoms with van der Waals surface area (Å²) in [5.41, 5.74) is 6.38. The highest BCUT2D eigenvalue weighted by Crippen LogP contribution is 2.19. The number of aliphatic carboxylic acids is 1. The Bertz CT molecular complexity index is 537. The second kappa shape index (κ2) is 3.78. The van der Waals surface area contributed by atoms with Gasteiger partial charge in [0.1, 0.15) is 6.04 Å². The number of hydrogen-bond acceptors (Lipinski definition) is 5. The Labute approximate surface area is 90.5 Å². The molecule has 2 heterocycles. The lowest BCUT2D eigenvalue weighted by atomic mass is 10.2. The van der Waals surface area contributed by atoms with E-state index in [9.17, 15) is 4.79 Å². The fourth-order valence-corrected chi connectivity index (χ4v) is 1.43. The first-order chi connectivity index (χ1) is 7.65. The Morgan fingerprint density at radius 1 is 1.56 bits per heavy atom. The third-order valence-electron chi connectivity index (χ3n) is 2.21. The summed E-state index contributed by atoms with van der Waals surface area (Å²) >= 11 is 0. The van der Waals surface area contributed by atoms with Crippen LogP contribution in [0.25, 0.3) is 5.65 Å². The highest BCUT2D eigenvalue weighted by Gasteiger charge is 2.20. The van der Waals surface area contributed by atoms with Crippen LogP contribution in [0.15, 0.2) is 18.6 Å². The van der Waals surface area contributed by atoms with E-state index >= 15 is 0 Å². The number of ether oxygens (including phenoxy) is 1. The van der Waals surface area contributed by atoms with Crippen molar-refractivity contribution in [2.75, 3.05) is 7.11 Å². The monoisotopic (exact) mass is 222 g/mol. The molecular weight excluding hydrogens is 212 g/mol. The van der Waals surface area contributed by atoms with Gasteiger partial charge in [-0.3, -0.25) is 14.2 Å². The summed E-state index contributed by atoms with van der Waals surface area (Å²) in [6.07, 6.45) is 4.37. The lowest BCUT2D eigenvalue weighted by molar-refractivity contribution is -0.138. The molecule has 1 atom stereocenters. The average Bonchev–Trinajstić information content (AvgIpc) is 2.71. The van der Waals surface area contributed by atoms with Crippen LogP contribution in [-0.2, 0) is 4.79 Å². The van der Waals surface area contributed by atoms with Crippen LogP contribution in [0.3, 0.4) is 0 Å². The van der Waals surface area contributed by atoms with Gasteiger partial charge in [-0.2, -0.15) is 0 Å². The maximum Gasteiger partial charge on any atom is 0.326 e. The summed E-state index contributed by atoms with van der Waals surface area (Å²) in [5.74, 6) is -0.734. The van der Waals surface area contributed by atoms with Crippen molar-refractivity contribution < 1.29 is 14.6 Å². The molecule has 2 rings (SSSR count). The molecule has 0 bridgehead atoms. The SMILES string of the molecule is COc1cncc2ncc(C(N)C(=O)O)n12. The Kier molecular flexibility index (Phi) is 2.45. The summed E-state index contributed by atoms with van der Waals surface area (Å²) in [4.78, 5) is 18.7. The number of nitrogens with two attached hydrogens (primary N) is 1. The van der Waals surface area contributed by atoms with Gasteiger partial charge in [-0.1, -0.05) is 0 Å². The Hall–Kier alpha value is -2.15. The zero-order chi connectivity index (χ0) is 11.7. The van der Waals surface area contributed by atoms with Gasteiger partial charge < -0.3 is 15.6 Å². The minimum atomic E-state index is -1.15. The zero-order valence-electron chi connectivity index (χ0n) is 8.49. The molecule has 1 unspecified atom stereocenters. The molecule has 2 aromatic heterocycles. The maximum absolute atomic E-state index is 10.8. The lowest BCUT2D eigenvalue weighted by Gasteiger charge is -2.09. The number of methoxy groups -OCH3 is 1. The molecule has 7 heteroatoms. The molecule has 7 nitrogen and oxygen atoms in total. The Morgan fingerprint density at radius 2 is 2.31 bits per heavy atom. The van der Waals surface area contributed by atoms with Gasteiger partial charge >= 0.3 is 5.97 Å². The number of fused-ring (bicyclic) bond motifs is 1. The van der Waals surface area contributed by atoms with Crippen molar-refractivity contribution in [3.05, 3.63) is 24.3 Å². The quantitative estimate of drug-likeness (QED) is 0.746. The summed E-state index contributed by atoms with van der Waals surface area (Å²) in [5, 5.41) is 8.85. The van der Waals surface area contributed by atoms with E-state index < -0.39 is 12.0 Å². The van der Waals surface area contributed by atoms with E-state index in [1.54, 1.807) is 0 Å². The van der Waals surface area contributed by atoms with E-state index in [0.717, 1.165) is 0 Å². The zero-order valence-corrected chi connectivity index (χ0v) is 8.49. The van der Waals surface area contributed by atoms with E-state index in [1.807, 2.05) is 0 Å². The molecule has 0 amide bonds. The fourth-order valence-electron chi connectivity index (χ4n) is 1.43. The lowest BCUT2D eigenvalue weighted by Crippen LogP contribution is -2.22. The van der Waals surface area contributed by atoms with Crippen LogP contribution in [0.4, 0.5) is 0 Å². The first-order valence-electron chi connectivity index (χ1n) is 4.49. The first kappa shape index (κ1) is 10.4. The molecule has 0 aliphatic carbocycles. The van der Waals surface area contributed by atoms with Crippen LogP contribution >= 0.6 is 0 Å². The van der Waals surface area contributed by atoms with Crippen molar-refractivity contribution in [1.29, 1.82) is 0 Å². The predicted octanol–water partition coefficient (Wildman–Crippen LogP) is -0.178. The van der Waals surface area contributed by atoms with Gasteiger partial charge in [-0.15, -0.1) is 0 Å². The Morgan fingerprint density at radius 3 is 2.94 bits per heavy atom. The van der Waals surface area contributed by atoms with Crippen molar-refractivity contribution in [2.45, 2.75) is 6.04 Å². The van der Waals surface area contributed by atoms with Crippen molar-refractivity contribution >= 4 is 11.6 Å². The molecule has 16 heavy (non-hydrogen) atoms. The maximum atomic E-state index is 10.8. The molecule has 0 spiro atoms. The molecule has 0 aliphatic heterocycles. The minimum absolute atomic E-state index is 0.349. The van der Waals surface area contributed by atoms with Crippen LogP contribution in [0.5, 0.6) is 5.88 Å². The molecule has 0 saturated heterocycles. The average molecular weight is 222 g/mol. The molecule has 0 aromatic carbocycles. The van der Waals surface area contributed by atoms with E-state index in [1.165, 1.54) is 30.1 Å². The van der Waals surface area contributed by atoms with Crippen LogP contribution < -0.4 is 10.5 Å². The molecule has 0 radical (unpaired) electrons. The normalized spacial score (nSPS) is 12.6. The van der Waals surface area contributed by atoms with Gasteiger partial charge in [0.25, 0.3) is 0 Å². The van der Waals surface area contributed by atoms with Gasteiger partial charge in [0, 0.05) is 0 Å². The summed E-state index contributed by atoms with van der Waals surface area (Å²) in [7, 11) is 1.46. The number of carbonyl (C=O) groups is 1. The van der Waals surface area contributed by atoms with Crippen molar-refractivity contribution in [2.24, 2.45) is 5.73 Å². The molecule has 0 saturated carbocycles. The fraction of sp³-hybridized carbons (Fsp3) is 0.222. The standard InChI is InChI=1S/C9H10N4O3/c1-16-7-4-11-3-6-12-2-5(13(6)7)8(10)9(14)15/h2-4,8H,10H2,1H3,(H,14,15). The molecule has 2 aromatic rings. The number of carboxylic acid groups (broad SMARTS) is 1. The molecule has 0 aliphatic rings. The highest BCUT2D eigenvalue weighted by molar-refractivity contribution is 5.75. The topological polar surface area (TPSA) is 103 Å². The van der Waals surface area contributed by atoms with Crippen LogP contribution in [-0.4, -0.2) is 32.6 Å². The van der Waals surface area contributed by atoms with Crippen molar-refractivity contribution in [3.8, 4) is 5.88 Å². The third kappa shape index (κ3) is 1.47. The second-order valence-electron chi connectivity index (χ2n) is 3.14. The largest absolute Gasteiger partial charge is 0.481 e. The van der Waals surface area contributed by atoms with Gasteiger partial charge in [0.2, 0.25) is 5.88 Å². The number of rotatable bonds is 3. The van der Waals surface area contributed by atoms with E-state index in [-0.39, 0.29) is 0 Å². The highest BCUT2D eigenvalue weighted by atomic mass is 16.5. The number of aromatic nitrogens is 3. The smallest absolute Gasteiger partial charge is 0.326 e. The van der Waals surface area contributed by atoms with E-state index in [4.69, 9.17) is 15.6 Å². The minimum Gasteiger partial charge on any atom is -0.481 e. The van der Waals surface area contributed by atoms with Gasteiger partial charge in [0.05, 0.1) is 31.4 Å². The van der Waals surface area contributed by atoms with Gasteiger partial charge in [0.15, 0.2) is 5.65 Å². The molecule has 3 N–H and O–H groups in total. The number of imidazole rings is 1. The third-order valence-corrected chi connectivity index (χ3v) is 2.21. The Balaban J connectivity index is 2.67. The predicted molar refractivity (Wildman–Crippen MR) is 54.1 cm³/mol. The number of carboxylic acids is 1. The van der Waals surface area contributed by atoms with Crippen molar-refractivity contribution in [1.82, 2.24) is 14.4 Å². The van der Waals surface area contributed by atoms with Gasteiger partial charge in [-0.25, -0.2) is 4.98 Å². The number of nitrogens with zero attached hydrogens (tertiary/aromatic N) is 3. The molecular formula is C9H10N4O3. The molecule has 0 fully saturated rings. The first-order valence-corrected chi connectivity index (χ1v) is 4.49. The van der Waals surface area contributed by atoms with Gasteiger partial charge in [-0.05, 0) is 0 Å². The second-order valence-corrected chi connectivity index (χ2v) is 3.14. The number of hydrogen-bond donors (Lipinski definition) is 2. The van der Waals surface area contributed by atoms with Crippen molar-refractivity contribution in [3.63, 3.8) is 0 Å². The summed E-state index contributed by atoms with van der Waals surface area (Å²) in [6, 6.07) is -1.15. The summed E-state index contributed by atoms with van der Waals surface area (Å²) in [6.45, 7) is 0. The van der Waals surface area contributed by atoms with E-state index in [2.05, 4.69) is 9.97 Å². The summed E-state index contributed by atoms with van der Waals surface area (Å²) < 4.78 is 6.59. The van der Waals surface area contributed by atoms with Crippen LogP contribution in [0, 0.1) is 0 Å². The van der Waals surface area contributed by atoms with Crippen LogP contribution in [0.2, 0.25) is 0 Å². The molecule has 84 valence electrons. The van der Waals surface area contributed by atoms with E-state index in [0.29, 0.717) is 17.2 Å².